The maximum atomic E-state index is 5.99. The van der Waals surface area contributed by atoms with E-state index in [0.29, 0.717) is 13.2 Å². The fourth-order valence-electron chi connectivity index (χ4n) is 3.52. The van der Waals surface area contributed by atoms with Crippen molar-refractivity contribution in [2.45, 2.75) is 51.9 Å². The van der Waals surface area contributed by atoms with Crippen molar-refractivity contribution in [1.29, 1.82) is 0 Å². The molecule has 0 aromatic heterocycles. The Kier molecular flexibility index (Phi) is 7.35. The lowest BCUT2D eigenvalue weighted by molar-refractivity contribution is -0.0817. The highest BCUT2D eigenvalue weighted by Gasteiger charge is 2.32. The highest BCUT2D eigenvalue weighted by molar-refractivity contribution is 5.80. The number of ether oxygens (including phenoxy) is 3. The van der Waals surface area contributed by atoms with Gasteiger partial charge in [-0.1, -0.05) is 17.7 Å². The molecule has 1 aromatic carbocycles. The van der Waals surface area contributed by atoms with E-state index in [1.54, 1.807) is 0 Å². The molecule has 0 spiro atoms. The summed E-state index contributed by atoms with van der Waals surface area (Å²) in [6.45, 7) is 10.9. The van der Waals surface area contributed by atoms with E-state index in [1.807, 2.05) is 12.1 Å². The summed E-state index contributed by atoms with van der Waals surface area (Å²) in [6.07, 6.45) is 2.59. The average Bonchev–Trinajstić information content (AvgIpc) is 3.22. The van der Waals surface area contributed by atoms with Crippen LogP contribution in [0.4, 0.5) is 0 Å². The molecular weight excluding hydrogens is 342 g/mol. The Balaban J connectivity index is 1.57. The number of aliphatic imine (C=N–C) groups is 1. The molecule has 0 saturated carbocycles. The molecule has 3 atom stereocenters. The molecule has 0 amide bonds. The van der Waals surface area contributed by atoms with Gasteiger partial charge in [0.15, 0.2) is 5.96 Å². The van der Waals surface area contributed by atoms with Crippen molar-refractivity contribution < 1.29 is 14.2 Å². The maximum Gasteiger partial charge on any atom is 0.194 e. The van der Waals surface area contributed by atoms with Gasteiger partial charge in [-0.3, -0.25) is 0 Å². The SMILES string of the molecule is CCNC(=NCC(C)Oc1ccc(C)cc1)N1CCOC(C2CCCO2)C1. The van der Waals surface area contributed by atoms with Gasteiger partial charge in [0.05, 0.1) is 19.3 Å². The molecule has 3 rings (SSSR count). The van der Waals surface area contributed by atoms with Crippen molar-refractivity contribution in [1.82, 2.24) is 10.2 Å². The predicted octanol–water partition coefficient (Wildman–Crippen LogP) is 2.61. The van der Waals surface area contributed by atoms with Gasteiger partial charge in [0.25, 0.3) is 0 Å². The zero-order valence-electron chi connectivity index (χ0n) is 16.8. The molecule has 2 aliphatic rings. The van der Waals surface area contributed by atoms with Gasteiger partial charge in [0, 0.05) is 26.2 Å². The molecule has 2 aliphatic heterocycles. The summed E-state index contributed by atoms with van der Waals surface area (Å²) in [5.74, 6) is 1.82. The Morgan fingerprint density at radius 2 is 2.04 bits per heavy atom. The average molecular weight is 376 g/mol. The number of benzene rings is 1. The summed E-state index contributed by atoms with van der Waals surface area (Å²) in [4.78, 5) is 7.11. The third kappa shape index (κ3) is 5.84. The summed E-state index contributed by atoms with van der Waals surface area (Å²) in [6, 6.07) is 8.15. The van der Waals surface area contributed by atoms with Gasteiger partial charge in [-0.25, -0.2) is 4.99 Å². The first kappa shape index (κ1) is 20.0. The Bertz CT molecular complexity index is 599. The molecule has 0 radical (unpaired) electrons. The summed E-state index contributed by atoms with van der Waals surface area (Å²) < 4.78 is 17.8. The molecule has 3 unspecified atom stereocenters. The zero-order valence-corrected chi connectivity index (χ0v) is 16.8. The van der Waals surface area contributed by atoms with Gasteiger partial charge < -0.3 is 24.4 Å². The quantitative estimate of drug-likeness (QED) is 0.612. The molecule has 0 aliphatic carbocycles. The van der Waals surface area contributed by atoms with Gasteiger partial charge in [0.1, 0.15) is 18.0 Å². The number of hydrogen-bond donors (Lipinski definition) is 1. The summed E-state index contributed by atoms with van der Waals surface area (Å²) >= 11 is 0. The van der Waals surface area contributed by atoms with Crippen LogP contribution in [0.1, 0.15) is 32.3 Å². The van der Waals surface area contributed by atoms with Crippen LogP contribution in [0.2, 0.25) is 0 Å². The Morgan fingerprint density at radius 3 is 2.74 bits per heavy atom. The van der Waals surface area contributed by atoms with Crippen molar-refractivity contribution in [2.75, 3.05) is 39.4 Å². The van der Waals surface area contributed by atoms with Gasteiger partial charge >= 0.3 is 0 Å². The van der Waals surface area contributed by atoms with Crippen molar-refractivity contribution >= 4 is 5.96 Å². The van der Waals surface area contributed by atoms with E-state index in [4.69, 9.17) is 19.2 Å². The van der Waals surface area contributed by atoms with E-state index in [1.165, 1.54) is 5.56 Å². The smallest absolute Gasteiger partial charge is 0.194 e. The van der Waals surface area contributed by atoms with Crippen LogP contribution in [-0.2, 0) is 9.47 Å². The largest absolute Gasteiger partial charge is 0.489 e. The fraction of sp³-hybridized carbons (Fsp3) is 0.667. The van der Waals surface area contributed by atoms with Gasteiger partial charge in [-0.05, 0) is 45.7 Å². The number of nitrogens with one attached hydrogen (secondary N) is 1. The lowest BCUT2D eigenvalue weighted by atomic mass is 10.1. The zero-order chi connectivity index (χ0) is 19.1. The van der Waals surface area contributed by atoms with Crippen molar-refractivity contribution in [3.63, 3.8) is 0 Å². The second kappa shape index (κ2) is 9.95. The standard InChI is InChI=1S/C21H33N3O3/c1-4-22-21(23-14-17(3)27-18-9-7-16(2)8-10-18)24-11-13-26-20(15-24)19-6-5-12-25-19/h7-10,17,19-20H,4-6,11-15H2,1-3H3,(H,22,23). The summed E-state index contributed by atoms with van der Waals surface area (Å²) in [5, 5.41) is 3.41. The Labute approximate surface area is 162 Å². The number of morpholine rings is 1. The van der Waals surface area contributed by atoms with Crippen LogP contribution in [0, 0.1) is 6.92 Å². The molecule has 6 heteroatoms. The molecular formula is C21H33N3O3. The van der Waals surface area contributed by atoms with E-state index in [-0.39, 0.29) is 18.3 Å². The normalized spacial score (nSPS) is 24.7. The predicted molar refractivity (Wildman–Crippen MR) is 108 cm³/mol. The minimum absolute atomic E-state index is 0.0105. The molecule has 2 fully saturated rings. The van der Waals surface area contributed by atoms with E-state index in [2.05, 4.69) is 43.1 Å². The van der Waals surface area contributed by atoms with Crippen molar-refractivity contribution in [3.05, 3.63) is 29.8 Å². The van der Waals surface area contributed by atoms with E-state index in [9.17, 15) is 0 Å². The molecule has 2 saturated heterocycles. The number of aryl methyl sites for hydroxylation is 1. The summed E-state index contributed by atoms with van der Waals surface area (Å²) in [7, 11) is 0. The van der Waals surface area contributed by atoms with E-state index < -0.39 is 0 Å². The molecule has 0 bridgehead atoms. The van der Waals surface area contributed by atoms with Gasteiger partial charge in [-0.2, -0.15) is 0 Å². The highest BCUT2D eigenvalue weighted by atomic mass is 16.5. The monoisotopic (exact) mass is 375 g/mol. The molecule has 150 valence electrons. The van der Waals surface area contributed by atoms with Crippen LogP contribution in [-0.4, -0.2) is 68.6 Å². The fourth-order valence-corrected chi connectivity index (χ4v) is 3.52. The molecule has 6 nitrogen and oxygen atoms in total. The van der Waals surface area contributed by atoms with Crippen LogP contribution in [0.15, 0.2) is 29.3 Å². The second-order valence-corrected chi connectivity index (χ2v) is 7.34. The Morgan fingerprint density at radius 1 is 1.26 bits per heavy atom. The highest BCUT2D eigenvalue weighted by Crippen LogP contribution is 2.21. The van der Waals surface area contributed by atoms with Gasteiger partial charge in [0.2, 0.25) is 0 Å². The minimum Gasteiger partial charge on any atom is -0.489 e. The van der Waals surface area contributed by atoms with Crippen LogP contribution in [0.3, 0.4) is 0 Å². The topological polar surface area (TPSA) is 55.3 Å². The number of rotatable bonds is 6. The van der Waals surface area contributed by atoms with Crippen LogP contribution < -0.4 is 10.1 Å². The van der Waals surface area contributed by atoms with Crippen LogP contribution in [0.25, 0.3) is 0 Å². The minimum atomic E-state index is 0.0105. The molecule has 1 aromatic rings. The maximum absolute atomic E-state index is 5.99. The molecule has 2 heterocycles. The van der Waals surface area contributed by atoms with E-state index in [0.717, 1.165) is 50.8 Å². The van der Waals surface area contributed by atoms with Gasteiger partial charge in [-0.15, -0.1) is 0 Å². The third-order valence-electron chi connectivity index (χ3n) is 4.96. The number of hydrogen-bond acceptors (Lipinski definition) is 4. The van der Waals surface area contributed by atoms with Crippen LogP contribution in [0.5, 0.6) is 5.75 Å². The number of guanidine groups is 1. The van der Waals surface area contributed by atoms with Crippen LogP contribution >= 0.6 is 0 Å². The molecule has 27 heavy (non-hydrogen) atoms. The lowest BCUT2D eigenvalue weighted by Crippen LogP contribution is -2.53. The first-order valence-corrected chi connectivity index (χ1v) is 10.2. The Hall–Kier alpha value is -1.79. The second-order valence-electron chi connectivity index (χ2n) is 7.34. The van der Waals surface area contributed by atoms with E-state index >= 15 is 0 Å². The third-order valence-corrected chi connectivity index (χ3v) is 4.96. The molecule has 1 N–H and O–H groups in total. The first-order valence-electron chi connectivity index (χ1n) is 10.2. The van der Waals surface area contributed by atoms with Crippen molar-refractivity contribution in [2.24, 2.45) is 4.99 Å². The number of nitrogens with zero attached hydrogens (tertiary/aromatic N) is 2. The van der Waals surface area contributed by atoms with Crippen molar-refractivity contribution in [3.8, 4) is 5.75 Å². The lowest BCUT2D eigenvalue weighted by Gasteiger charge is -2.37. The first-order chi connectivity index (χ1) is 13.2. The summed E-state index contributed by atoms with van der Waals surface area (Å²) in [5.41, 5.74) is 1.23.